The van der Waals surface area contributed by atoms with E-state index in [9.17, 15) is 9.59 Å². The highest BCUT2D eigenvalue weighted by Gasteiger charge is 2.23. The zero-order chi connectivity index (χ0) is 14.4. The highest BCUT2D eigenvalue weighted by molar-refractivity contribution is 5.78. The number of amides is 1. The number of hydrogen-bond donors (Lipinski definition) is 1. The van der Waals surface area contributed by atoms with Crippen molar-refractivity contribution in [2.75, 3.05) is 32.7 Å². The molecule has 0 spiro atoms. The number of carbonyl (C=O) groups excluding carboxylic acids is 1. The predicted octanol–water partition coefficient (Wildman–Crippen LogP) is 1.29. The van der Waals surface area contributed by atoms with E-state index in [0.717, 1.165) is 25.9 Å². The van der Waals surface area contributed by atoms with Gasteiger partial charge in [0.1, 0.15) is 0 Å². The van der Waals surface area contributed by atoms with Crippen molar-refractivity contribution in [3.8, 4) is 0 Å². The number of likely N-dealkylation sites (N-methyl/N-ethyl adjacent to an activating group) is 1. The molecule has 1 heterocycles. The lowest BCUT2D eigenvalue weighted by Crippen LogP contribution is -2.45. The zero-order valence-corrected chi connectivity index (χ0v) is 12.3. The van der Waals surface area contributed by atoms with Crippen molar-refractivity contribution in [3.05, 3.63) is 0 Å². The molecule has 1 unspecified atom stereocenters. The smallest absolute Gasteiger partial charge is 0.307 e. The predicted molar refractivity (Wildman–Crippen MR) is 73.9 cm³/mol. The average molecular weight is 270 g/mol. The summed E-state index contributed by atoms with van der Waals surface area (Å²) >= 11 is 0. The van der Waals surface area contributed by atoms with E-state index in [1.807, 2.05) is 16.7 Å². The fourth-order valence-electron chi connectivity index (χ4n) is 2.32. The molecule has 1 saturated heterocycles. The van der Waals surface area contributed by atoms with Crippen molar-refractivity contribution in [1.82, 2.24) is 9.80 Å². The average Bonchev–Trinajstić information content (AvgIpc) is 2.38. The van der Waals surface area contributed by atoms with Crippen LogP contribution >= 0.6 is 0 Å². The minimum atomic E-state index is -0.808. The van der Waals surface area contributed by atoms with Crippen LogP contribution in [0.3, 0.4) is 0 Å². The summed E-state index contributed by atoms with van der Waals surface area (Å²) in [5.41, 5.74) is 0. The van der Waals surface area contributed by atoms with Crippen LogP contribution in [0.5, 0.6) is 0 Å². The molecule has 1 fully saturated rings. The van der Waals surface area contributed by atoms with Gasteiger partial charge in [-0.1, -0.05) is 20.8 Å². The summed E-state index contributed by atoms with van der Waals surface area (Å²) in [5, 5.41) is 8.92. The van der Waals surface area contributed by atoms with Crippen molar-refractivity contribution in [1.29, 1.82) is 0 Å². The number of rotatable bonds is 6. The molecule has 0 aromatic carbocycles. The molecule has 19 heavy (non-hydrogen) atoms. The first kappa shape index (κ1) is 16.0. The quantitative estimate of drug-likeness (QED) is 0.790. The van der Waals surface area contributed by atoms with Gasteiger partial charge in [0.25, 0.3) is 0 Å². The van der Waals surface area contributed by atoms with Crippen molar-refractivity contribution in [3.63, 3.8) is 0 Å². The molecule has 0 radical (unpaired) electrons. The Balaban J connectivity index is 2.42. The standard InChI is InChI=1S/C14H26N2O3/c1-4-15(9-12(3)14(18)19)10-13(17)16-7-5-11(2)6-8-16/h11-12H,4-10H2,1-3H3,(H,18,19). The number of carbonyl (C=O) groups is 2. The minimum absolute atomic E-state index is 0.131. The second-order valence-corrected chi connectivity index (χ2v) is 5.63. The lowest BCUT2D eigenvalue weighted by molar-refractivity contribution is -0.143. The van der Waals surface area contributed by atoms with Crippen LogP contribution in [0.1, 0.15) is 33.6 Å². The van der Waals surface area contributed by atoms with E-state index >= 15 is 0 Å². The molecule has 0 aromatic rings. The second kappa shape index (κ2) is 7.48. The fraction of sp³-hybridized carbons (Fsp3) is 0.857. The van der Waals surface area contributed by atoms with E-state index in [4.69, 9.17) is 5.11 Å². The van der Waals surface area contributed by atoms with Gasteiger partial charge in [-0.05, 0) is 25.3 Å². The molecule has 1 aliphatic heterocycles. The maximum Gasteiger partial charge on any atom is 0.307 e. The maximum atomic E-state index is 12.2. The lowest BCUT2D eigenvalue weighted by atomic mass is 9.99. The molecule has 0 saturated carbocycles. The Kier molecular flexibility index (Phi) is 6.28. The van der Waals surface area contributed by atoms with E-state index in [1.165, 1.54) is 0 Å². The van der Waals surface area contributed by atoms with E-state index < -0.39 is 11.9 Å². The third kappa shape index (κ3) is 5.19. The summed E-state index contributed by atoms with van der Waals surface area (Å²) in [5.74, 6) is -0.406. The van der Waals surface area contributed by atoms with Gasteiger partial charge >= 0.3 is 5.97 Å². The number of hydrogen-bond acceptors (Lipinski definition) is 3. The first-order valence-electron chi connectivity index (χ1n) is 7.17. The number of carboxylic acids is 1. The van der Waals surface area contributed by atoms with E-state index in [2.05, 4.69) is 6.92 Å². The second-order valence-electron chi connectivity index (χ2n) is 5.63. The third-order valence-electron chi connectivity index (χ3n) is 3.90. The molecular weight excluding hydrogens is 244 g/mol. The molecule has 1 atom stereocenters. The largest absolute Gasteiger partial charge is 0.481 e. The van der Waals surface area contributed by atoms with Gasteiger partial charge < -0.3 is 10.0 Å². The summed E-state index contributed by atoms with van der Waals surface area (Å²) < 4.78 is 0. The normalized spacial score (nSPS) is 18.6. The van der Waals surface area contributed by atoms with E-state index in [0.29, 0.717) is 25.6 Å². The number of piperidine rings is 1. The van der Waals surface area contributed by atoms with Gasteiger partial charge in [0, 0.05) is 19.6 Å². The van der Waals surface area contributed by atoms with Crippen LogP contribution in [0, 0.1) is 11.8 Å². The molecule has 110 valence electrons. The summed E-state index contributed by atoms with van der Waals surface area (Å²) in [7, 11) is 0. The van der Waals surface area contributed by atoms with Crippen LogP contribution in [0.2, 0.25) is 0 Å². The topological polar surface area (TPSA) is 60.9 Å². The number of nitrogens with zero attached hydrogens (tertiary/aromatic N) is 2. The summed E-state index contributed by atoms with van der Waals surface area (Å²) in [6, 6.07) is 0. The van der Waals surface area contributed by atoms with Crippen molar-refractivity contribution >= 4 is 11.9 Å². The number of aliphatic carboxylic acids is 1. The number of likely N-dealkylation sites (tertiary alicyclic amines) is 1. The molecule has 0 aliphatic carbocycles. The first-order valence-corrected chi connectivity index (χ1v) is 7.17. The van der Waals surface area contributed by atoms with E-state index in [-0.39, 0.29) is 5.91 Å². The van der Waals surface area contributed by atoms with Crippen LogP contribution in [0.15, 0.2) is 0 Å². The van der Waals surface area contributed by atoms with Crippen molar-refractivity contribution in [2.24, 2.45) is 11.8 Å². The summed E-state index contributed by atoms with van der Waals surface area (Å²) in [6.45, 7) is 9.00. The lowest BCUT2D eigenvalue weighted by Gasteiger charge is -2.32. The van der Waals surface area contributed by atoms with Gasteiger partial charge in [0.2, 0.25) is 5.91 Å². The van der Waals surface area contributed by atoms with Crippen LogP contribution in [0.25, 0.3) is 0 Å². The highest BCUT2D eigenvalue weighted by atomic mass is 16.4. The molecule has 1 N–H and O–H groups in total. The Morgan fingerprint density at radius 3 is 2.42 bits per heavy atom. The molecular formula is C14H26N2O3. The first-order chi connectivity index (χ1) is 8.93. The van der Waals surface area contributed by atoms with Gasteiger partial charge in [-0.3, -0.25) is 14.5 Å². The Labute approximate surface area is 115 Å². The van der Waals surface area contributed by atoms with Gasteiger partial charge in [-0.25, -0.2) is 0 Å². The van der Waals surface area contributed by atoms with E-state index in [1.54, 1.807) is 6.92 Å². The Bertz CT molecular complexity index is 312. The highest BCUT2D eigenvalue weighted by Crippen LogP contribution is 2.16. The van der Waals surface area contributed by atoms with Gasteiger partial charge in [0.05, 0.1) is 12.5 Å². The fourth-order valence-corrected chi connectivity index (χ4v) is 2.32. The summed E-state index contributed by atoms with van der Waals surface area (Å²) in [4.78, 5) is 26.8. The van der Waals surface area contributed by atoms with Gasteiger partial charge in [-0.2, -0.15) is 0 Å². The zero-order valence-electron chi connectivity index (χ0n) is 12.3. The van der Waals surface area contributed by atoms with Crippen molar-refractivity contribution in [2.45, 2.75) is 33.6 Å². The molecule has 0 bridgehead atoms. The molecule has 0 aromatic heterocycles. The van der Waals surface area contributed by atoms with Crippen LogP contribution in [0.4, 0.5) is 0 Å². The van der Waals surface area contributed by atoms with Gasteiger partial charge in [-0.15, -0.1) is 0 Å². The minimum Gasteiger partial charge on any atom is -0.481 e. The SMILES string of the molecule is CCN(CC(=O)N1CCC(C)CC1)CC(C)C(=O)O. The monoisotopic (exact) mass is 270 g/mol. The van der Waals surface area contributed by atoms with Gasteiger partial charge in [0.15, 0.2) is 0 Å². The van der Waals surface area contributed by atoms with Crippen molar-refractivity contribution < 1.29 is 14.7 Å². The Hall–Kier alpha value is -1.10. The number of carboxylic acid groups (broad SMARTS) is 1. The summed E-state index contributed by atoms with van der Waals surface area (Å²) in [6.07, 6.45) is 2.15. The maximum absolute atomic E-state index is 12.2. The molecule has 5 nitrogen and oxygen atoms in total. The third-order valence-corrected chi connectivity index (χ3v) is 3.90. The van der Waals surface area contributed by atoms with Crippen LogP contribution in [-0.2, 0) is 9.59 Å². The molecule has 1 rings (SSSR count). The Morgan fingerprint density at radius 1 is 1.37 bits per heavy atom. The van der Waals surface area contributed by atoms with Crippen LogP contribution in [-0.4, -0.2) is 59.5 Å². The molecule has 1 amide bonds. The molecule has 5 heteroatoms. The molecule has 1 aliphatic rings. The van der Waals surface area contributed by atoms with Crippen LogP contribution < -0.4 is 0 Å². The Morgan fingerprint density at radius 2 is 1.95 bits per heavy atom.